The van der Waals surface area contributed by atoms with Gasteiger partial charge in [-0.15, -0.1) is 11.3 Å². The van der Waals surface area contributed by atoms with Crippen LogP contribution in [-0.4, -0.2) is 16.6 Å². The van der Waals surface area contributed by atoms with Crippen molar-refractivity contribution in [1.29, 1.82) is 0 Å². The Bertz CT molecular complexity index is 1280. The van der Waals surface area contributed by atoms with Crippen LogP contribution in [-0.2, 0) is 0 Å². The second-order valence-electron chi connectivity index (χ2n) is 5.85. The van der Waals surface area contributed by atoms with E-state index in [1.165, 1.54) is 17.4 Å². The molecule has 0 fully saturated rings. The summed E-state index contributed by atoms with van der Waals surface area (Å²) < 4.78 is 15.7. The molecule has 0 spiro atoms. The van der Waals surface area contributed by atoms with Gasteiger partial charge < -0.3 is 10.3 Å². The summed E-state index contributed by atoms with van der Waals surface area (Å²) in [7, 11) is 1.56. The number of aromatic amines is 1. The van der Waals surface area contributed by atoms with Crippen molar-refractivity contribution in [1.82, 2.24) is 9.55 Å². The molecule has 0 aliphatic rings. The van der Waals surface area contributed by atoms with Crippen LogP contribution in [0.4, 0.5) is 10.1 Å². The van der Waals surface area contributed by atoms with E-state index in [-0.39, 0.29) is 16.6 Å². The number of rotatable bonds is 3. The minimum absolute atomic E-state index is 0.0974. The van der Waals surface area contributed by atoms with Crippen molar-refractivity contribution >= 4 is 39.5 Å². The van der Waals surface area contributed by atoms with E-state index < -0.39 is 17.1 Å². The highest BCUT2D eigenvalue weighted by molar-refractivity contribution is 7.19. The smallest absolute Gasteiger partial charge is 0.333 e. The largest absolute Gasteiger partial charge is 0.386 e. The van der Waals surface area contributed by atoms with Gasteiger partial charge in [0.2, 0.25) is 0 Å². The van der Waals surface area contributed by atoms with Gasteiger partial charge in [0.15, 0.2) is 0 Å². The third-order valence-electron chi connectivity index (χ3n) is 4.24. The molecular formula is C19H13ClFN3O2S. The Balaban J connectivity index is 1.86. The molecule has 0 bridgehead atoms. The van der Waals surface area contributed by atoms with Crippen LogP contribution in [0.1, 0.15) is 0 Å². The Morgan fingerprint density at radius 1 is 1.11 bits per heavy atom. The molecule has 4 rings (SSSR count). The monoisotopic (exact) mass is 401 g/mol. The lowest BCUT2D eigenvalue weighted by Gasteiger charge is -2.09. The number of hydrogen-bond donors (Lipinski definition) is 2. The van der Waals surface area contributed by atoms with E-state index in [9.17, 15) is 14.0 Å². The number of nitrogens with one attached hydrogen (secondary N) is 2. The summed E-state index contributed by atoms with van der Waals surface area (Å²) in [5.41, 5.74) is 0.625. The molecule has 0 radical (unpaired) electrons. The number of hydrogen-bond acceptors (Lipinski definition) is 4. The van der Waals surface area contributed by atoms with Crippen LogP contribution < -0.4 is 16.6 Å². The molecule has 2 aromatic heterocycles. The molecule has 0 aliphatic heterocycles. The number of halogens is 2. The van der Waals surface area contributed by atoms with Crippen molar-refractivity contribution < 1.29 is 4.39 Å². The van der Waals surface area contributed by atoms with Crippen LogP contribution in [0.2, 0.25) is 4.34 Å². The van der Waals surface area contributed by atoms with Gasteiger partial charge in [0, 0.05) is 11.9 Å². The average molecular weight is 402 g/mol. The fourth-order valence-electron chi connectivity index (χ4n) is 2.91. The molecule has 2 heterocycles. The highest BCUT2D eigenvalue weighted by Crippen LogP contribution is 2.31. The summed E-state index contributed by atoms with van der Waals surface area (Å²) in [4.78, 5) is 28.9. The zero-order chi connectivity index (χ0) is 19.1. The lowest BCUT2D eigenvalue weighted by molar-refractivity contribution is 0.632. The van der Waals surface area contributed by atoms with E-state index in [1.54, 1.807) is 31.3 Å². The van der Waals surface area contributed by atoms with Crippen molar-refractivity contribution in [3.05, 3.63) is 79.5 Å². The minimum Gasteiger partial charge on any atom is -0.386 e. The Morgan fingerprint density at radius 3 is 2.48 bits per heavy atom. The maximum atomic E-state index is 14.1. The van der Waals surface area contributed by atoms with Crippen molar-refractivity contribution in [3.63, 3.8) is 0 Å². The molecule has 2 aromatic carbocycles. The zero-order valence-electron chi connectivity index (χ0n) is 14.0. The topological polar surface area (TPSA) is 66.9 Å². The summed E-state index contributed by atoms with van der Waals surface area (Å²) in [5, 5.41) is 2.78. The van der Waals surface area contributed by atoms with Crippen molar-refractivity contribution in [2.75, 3.05) is 12.4 Å². The first-order chi connectivity index (χ1) is 13.0. The Hall–Kier alpha value is -2.90. The third-order valence-corrected chi connectivity index (χ3v) is 5.52. The fraction of sp³-hybridized carbons (Fsp3) is 0.0526. The highest BCUT2D eigenvalue weighted by atomic mass is 35.5. The van der Waals surface area contributed by atoms with Gasteiger partial charge in [-0.1, -0.05) is 23.7 Å². The summed E-state index contributed by atoms with van der Waals surface area (Å²) >= 11 is 7.40. The van der Waals surface area contributed by atoms with Crippen molar-refractivity contribution in [3.8, 4) is 16.1 Å². The first-order valence-electron chi connectivity index (χ1n) is 8.00. The third kappa shape index (κ3) is 3.05. The first kappa shape index (κ1) is 17.5. The van der Waals surface area contributed by atoms with Gasteiger partial charge in [0.25, 0.3) is 5.56 Å². The summed E-state index contributed by atoms with van der Waals surface area (Å²) in [6.07, 6.45) is 0. The quantitative estimate of drug-likeness (QED) is 0.539. The SMILES string of the molecule is CNc1cc2[nH]c(=O)n(-c3ccc(-c4ccc(Cl)s4)cc3)c(=O)c2cc1F. The molecule has 5 nitrogen and oxygen atoms in total. The Morgan fingerprint density at radius 2 is 1.85 bits per heavy atom. The molecule has 2 N–H and O–H groups in total. The molecule has 4 aromatic rings. The molecule has 0 unspecified atom stereocenters. The molecular weight excluding hydrogens is 389 g/mol. The van der Waals surface area contributed by atoms with Gasteiger partial charge in [-0.25, -0.2) is 13.8 Å². The summed E-state index contributed by atoms with van der Waals surface area (Å²) in [5.74, 6) is -0.564. The van der Waals surface area contributed by atoms with Gasteiger partial charge in [0.05, 0.1) is 26.6 Å². The van der Waals surface area contributed by atoms with E-state index in [0.717, 1.165) is 21.1 Å². The predicted octanol–water partition coefficient (Wildman–Crippen LogP) is 4.24. The van der Waals surface area contributed by atoms with Crippen LogP contribution in [0.5, 0.6) is 0 Å². The molecule has 0 saturated heterocycles. The summed E-state index contributed by atoms with van der Waals surface area (Å²) in [6, 6.07) is 13.2. The number of thiophene rings is 1. The van der Waals surface area contributed by atoms with Crippen LogP contribution in [0, 0.1) is 5.82 Å². The van der Waals surface area contributed by atoms with Gasteiger partial charge in [-0.3, -0.25) is 4.79 Å². The van der Waals surface area contributed by atoms with E-state index in [2.05, 4.69) is 10.3 Å². The van der Waals surface area contributed by atoms with Crippen LogP contribution in [0.15, 0.2) is 58.1 Å². The van der Waals surface area contributed by atoms with Crippen LogP contribution >= 0.6 is 22.9 Å². The van der Waals surface area contributed by atoms with Gasteiger partial charge >= 0.3 is 5.69 Å². The number of nitrogens with zero attached hydrogens (tertiary/aromatic N) is 1. The molecule has 0 amide bonds. The molecule has 0 saturated carbocycles. The number of fused-ring (bicyclic) bond motifs is 1. The second-order valence-corrected chi connectivity index (χ2v) is 7.56. The van der Waals surface area contributed by atoms with Crippen molar-refractivity contribution in [2.24, 2.45) is 0 Å². The van der Waals surface area contributed by atoms with E-state index in [4.69, 9.17) is 11.6 Å². The Kier molecular flexibility index (Phi) is 4.33. The normalized spacial score (nSPS) is 11.1. The molecule has 27 heavy (non-hydrogen) atoms. The second kappa shape index (κ2) is 6.68. The van der Waals surface area contributed by atoms with Gasteiger partial charge in [-0.2, -0.15) is 0 Å². The lowest BCUT2D eigenvalue weighted by Crippen LogP contribution is -2.33. The van der Waals surface area contributed by atoms with Gasteiger partial charge in [0.1, 0.15) is 5.82 Å². The molecule has 136 valence electrons. The standard InChI is InChI=1S/C19H13ClFN3O2S/c1-22-15-9-14-12(8-13(15)21)18(25)24(19(26)23-14)11-4-2-10(3-5-11)16-6-7-17(20)27-16/h2-9,22H,1H3,(H,23,26). The Labute approximate surface area is 161 Å². The van der Waals surface area contributed by atoms with Crippen molar-refractivity contribution in [2.45, 2.75) is 0 Å². The molecule has 0 aliphatic carbocycles. The maximum Gasteiger partial charge on any atom is 0.333 e. The lowest BCUT2D eigenvalue weighted by atomic mass is 10.1. The van der Waals surface area contributed by atoms with Crippen LogP contribution in [0.3, 0.4) is 0 Å². The van der Waals surface area contributed by atoms with E-state index in [1.807, 2.05) is 12.1 Å². The number of aromatic nitrogens is 2. The molecule has 0 atom stereocenters. The van der Waals surface area contributed by atoms with Crippen LogP contribution in [0.25, 0.3) is 27.0 Å². The number of H-pyrrole nitrogens is 1. The number of anilines is 1. The molecule has 8 heteroatoms. The fourth-order valence-corrected chi connectivity index (χ4v) is 3.96. The predicted molar refractivity (Wildman–Crippen MR) is 108 cm³/mol. The maximum absolute atomic E-state index is 14.1. The zero-order valence-corrected chi connectivity index (χ0v) is 15.6. The van der Waals surface area contributed by atoms with E-state index >= 15 is 0 Å². The summed E-state index contributed by atoms with van der Waals surface area (Å²) in [6.45, 7) is 0. The van der Waals surface area contributed by atoms with E-state index in [0.29, 0.717) is 10.0 Å². The average Bonchev–Trinajstić information content (AvgIpc) is 3.09. The number of benzene rings is 2. The first-order valence-corrected chi connectivity index (χ1v) is 9.20. The van der Waals surface area contributed by atoms with Gasteiger partial charge in [-0.05, 0) is 42.0 Å². The highest BCUT2D eigenvalue weighted by Gasteiger charge is 2.13. The minimum atomic E-state index is -0.590.